The van der Waals surface area contributed by atoms with Crippen molar-refractivity contribution < 1.29 is 4.39 Å². The van der Waals surface area contributed by atoms with Crippen LogP contribution in [0.3, 0.4) is 0 Å². The molecule has 0 aliphatic rings. The van der Waals surface area contributed by atoms with E-state index in [1.807, 2.05) is 6.07 Å². The fourth-order valence-electron chi connectivity index (χ4n) is 2.54. The number of hydrogen-bond acceptors (Lipinski definition) is 1. The first-order chi connectivity index (χ1) is 8.63. The van der Waals surface area contributed by atoms with Crippen molar-refractivity contribution in [2.24, 2.45) is 5.92 Å². The molecule has 1 nitrogen and oxygen atoms in total. The summed E-state index contributed by atoms with van der Waals surface area (Å²) in [4.78, 5) is 0. The van der Waals surface area contributed by atoms with E-state index < -0.39 is 0 Å². The smallest absolute Gasteiger partial charge is 0.123 e. The second kappa shape index (κ2) is 7.52. The average Bonchev–Trinajstić information content (AvgIpc) is 2.38. The van der Waals surface area contributed by atoms with E-state index in [-0.39, 0.29) is 11.9 Å². The fraction of sp³-hybridized carbons (Fsp3) is 0.625. The molecule has 0 heterocycles. The van der Waals surface area contributed by atoms with Crippen LogP contribution < -0.4 is 5.32 Å². The van der Waals surface area contributed by atoms with Crippen LogP contribution in [-0.4, -0.2) is 6.54 Å². The van der Waals surface area contributed by atoms with Gasteiger partial charge in [-0.2, -0.15) is 0 Å². The first-order valence-corrected chi connectivity index (χ1v) is 7.13. The van der Waals surface area contributed by atoms with Crippen LogP contribution in [0.5, 0.6) is 0 Å². The lowest BCUT2D eigenvalue weighted by Crippen LogP contribution is -2.29. The molecule has 1 rings (SSSR count). The zero-order valence-electron chi connectivity index (χ0n) is 12.1. The van der Waals surface area contributed by atoms with Gasteiger partial charge in [0.15, 0.2) is 0 Å². The van der Waals surface area contributed by atoms with E-state index in [4.69, 9.17) is 0 Å². The normalized spacial score (nSPS) is 13.0. The van der Waals surface area contributed by atoms with E-state index in [0.29, 0.717) is 5.92 Å². The number of aryl methyl sites for hydroxylation is 1. The molecule has 0 fully saturated rings. The minimum Gasteiger partial charge on any atom is -0.310 e. The standard InChI is InChI=1S/C16H26FN/c1-5-10-18-16(13(6-2)7-3)15-11-14(17)9-8-12(15)4/h8-9,11,13,16,18H,5-7,10H2,1-4H3. The van der Waals surface area contributed by atoms with Crippen LogP contribution in [0.2, 0.25) is 0 Å². The van der Waals surface area contributed by atoms with Gasteiger partial charge in [-0.05, 0) is 49.1 Å². The van der Waals surface area contributed by atoms with Gasteiger partial charge in [0.2, 0.25) is 0 Å². The minimum atomic E-state index is -0.134. The molecule has 0 bridgehead atoms. The largest absolute Gasteiger partial charge is 0.310 e. The highest BCUT2D eigenvalue weighted by molar-refractivity contribution is 5.30. The van der Waals surface area contributed by atoms with Gasteiger partial charge in [-0.1, -0.05) is 39.7 Å². The molecule has 102 valence electrons. The highest BCUT2D eigenvalue weighted by atomic mass is 19.1. The monoisotopic (exact) mass is 251 g/mol. The Labute approximate surface area is 111 Å². The summed E-state index contributed by atoms with van der Waals surface area (Å²) in [5.41, 5.74) is 2.30. The van der Waals surface area contributed by atoms with Gasteiger partial charge in [0, 0.05) is 6.04 Å². The molecule has 0 aliphatic carbocycles. The van der Waals surface area contributed by atoms with Crippen molar-refractivity contribution >= 4 is 0 Å². The molecule has 0 radical (unpaired) electrons. The van der Waals surface area contributed by atoms with E-state index >= 15 is 0 Å². The predicted molar refractivity (Wildman–Crippen MR) is 76.2 cm³/mol. The number of rotatable bonds is 7. The third-order valence-corrected chi connectivity index (χ3v) is 3.71. The lowest BCUT2D eigenvalue weighted by molar-refractivity contribution is 0.339. The number of hydrogen-bond donors (Lipinski definition) is 1. The molecule has 0 aromatic heterocycles. The molecule has 1 unspecified atom stereocenters. The highest BCUT2D eigenvalue weighted by Gasteiger charge is 2.21. The molecule has 0 saturated carbocycles. The summed E-state index contributed by atoms with van der Waals surface area (Å²) >= 11 is 0. The predicted octanol–water partition coefficient (Wildman–Crippen LogP) is 4.61. The molecule has 1 aromatic rings. The molecule has 2 heteroatoms. The Kier molecular flexibility index (Phi) is 6.34. The maximum Gasteiger partial charge on any atom is 0.123 e. The molecule has 0 saturated heterocycles. The van der Waals surface area contributed by atoms with Crippen molar-refractivity contribution in [1.82, 2.24) is 5.32 Å². The van der Waals surface area contributed by atoms with Gasteiger partial charge in [-0.25, -0.2) is 4.39 Å². The lowest BCUT2D eigenvalue weighted by Gasteiger charge is -2.28. The van der Waals surface area contributed by atoms with Crippen LogP contribution in [-0.2, 0) is 0 Å². The molecule has 18 heavy (non-hydrogen) atoms. The maximum atomic E-state index is 13.5. The van der Waals surface area contributed by atoms with Crippen LogP contribution in [0.25, 0.3) is 0 Å². The Bertz CT molecular complexity index is 358. The fourth-order valence-corrected chi connectivity index (χ4v) is 2.54. The van der Waals surface area contributed by atoms with Crippen molar-refractivity contribution in [2.45, 2.75) is 53.0 Å². The van der Waals surface area contributed by atoms with Gasteiger partial charge in [0.1, 0.15) is 5.82 Å². The summed E-state index contributed by atoms with van der Waals surface area (Å²) in [6.07, 6.45) is 3.34. The van der Waals surface area contributed by atoms with Crippen molar-refractivity contribution in [3.05, 3.63) is 35.1 Å². The third-order valence-electron chi connectivity index (χ3n) is 3.71. The lowest BCUT2D eigenvalue weighted by atomic mass is 9.86. The van der Waals surface area contributed by atoms with E-state index in [2.05, 4.69) is 33.0 Å². The first kappa shape index (κ1) is 15.2. The summed E-state index contributed by atoms with van der Waals surface area (Å²) in [6, 6.07) is 5.40. The van der Waals surface area contributed by atoms with Crippen LogP contribution in [0.4, 0.5) is 4.39 Å². The Morgan fingerprint density at radius 1 is 1.17 bits per heavy atom. The van der Waals surface area contributed by atoms with Crippen LogP contribution >= 0.6 is 0 Å². The number of benzene rings is 1. The summed E-state index contributed by atoms with van der Waals surface area (Å²) in [5, 5.41) is 3.59. The van der Waals surface area contributed by atoms with Gasteiger partial charge in [-0.15, -0.1) is 0 Å². The van der Waals surface area contributed by atoms with Crippen LogP contribution in [0, 0.1) is 18.7 Å². The molecule has 1 atom stereocenters. The van der Waals surface area contributed by atoms with Crippen molar-refractivity contribution in [3.8, 4) is 0 Å². The van der Waals surface area contributed by atoms with Crippen LogP contribution in [0.15, 0.2) is 18.2 Å². The summed E-state index contributed by atoms with van der Waals surface area (Å²) in [5.74, 6) is 0.432. The molecule has 1 N–H and O–H groups in total. The maximum absolute atomic E-state index is 13.5. The Morgan fingerprint density at radius 3 is 2.39 bits per heavy atom. The van der Waals surface area contributed by atoms with Gasteiger partial charge in [-0.3, -0.25) is 0 Å². The molecule has 0 amide bonds. The quantitative estimate of drug-likeness (QED) is 0.746. The van der Waals surface area contributed by atoms with E-state index in [1.54, 1.807) is 12.1 Å². The van der Waals surface area contributed by atoms with E-state index in [1.165, 1.54) is 5.56 Å². The number of halogens is 1. The summed E-state index contributed by atoms with van der Waals surface area (Å²) in [6.45, 7) is 9.64. The Hall–Kier alpha value is -0.890. The van der Waals surface area contributed by atoms with E-state index in [0.717, 1.165) is 31.4 Å². The molecule has 0 spiro atoms. The van der Waals surface area contributed by atoms with Gasteiger partial charge in [0.05, 0.1) is 0 Å². The van der Waals surface area contributed by atoms with Crippen LogP contribution in [0.1, 0.15) is 57.2 Å². The zero-order valence-corrected chi connectivity index (χ0v) is 12.1. The summed E-state index contributed by atoms with van der Waals surface area (Å²) in [7, 11) is 0. The molecule has 1 aromatic carbocycles. The van der Waals surface area contributed by atoms with Crippen molar-refractivity contribution in [3.63, 3.8) is 0 Å². The molecular formula is C16H26FN. The topological polar surface area (TPSA) is 12.0 Å². The van der Waals surface area contributed by atoms with Crippen molar-refractivity contribution in [1.29, 1.82) is 0 Å². The summed E-state index contributed by atoms with van der Waals surface area (Å²) < 4.78 is 13.5. The SMILES string of the molecule is CCCNC(c1cc(F)ccc1C)C(CC)CC. The second-order valence-corrected chi connectivity index (χ2v) is 5.01. The third kappa shape index (κ3) is 3.81. The van der Waals surface area contributed by atoms with Gasteiger partial charge >= 0.3 is 0 Å². The Morgan fingerprint density at radius 2 is 1.83 bits per heavy atom. The molecule has 0 aliphatic heterocycles. The minimum absolute atomic E-state index is 0.134. The van der Waals surface area contributed by atoms with Crippen molar-refractivity contribution in [2.75, 3.05) is 6.54 Å². The second-order valence-electron chi connectivity index (χ2n) is 5.01. The number of nitrogens with one attached hydrogen (secondary N) is 1. The van der Waals surface area contributed by atoms with E-state index in [9.17, 15) is 4.39 Å². The van der Waals surface area contributed by atoms with Gasteiger partial charge in [0.25, 0.3) is 0 Å². The van der Waals surface area contributed by atoms with Gasteiger partial charge < -0.3 is 5.32 Å². The first-order valence-electron chi connectivity index (χ1n) is 7.13. The average molecular weight is 251 g/mol. The highest BCUT2D eigenvalue weighted by Crippen LogP contribution is 2.30. The molecular weight excluding hydrogens is 225 g/mol. The zero-order chi connectivity index (χ0) is 13.5. The Balaban J connectivity index is 3.03.